The van der Waals surface area contributed by atoms with Gasteiger partial charge in [-0.05, 0) is 43.2 Å². The lowest BCUT2D eigenvalue weighted by Crippen LogP contribution is -2.39. The van der Waals surface area contributed by atoms with Crippen LogP contribution in [-0.2, 0) is 9.59 Å². The fourth-order valence-electron chi connectivity index (χ4n) is 2.73. The lowest BCUT2D eigenvalue weighted by Gasteiger charge is -2.17. The second-order valence-electron chi connectivity index (χ2n) is 5.98. The van der Waals surface area contributed by atoms with Crippen LogP contribution >= 0.6 is 0 Å². The Morgan fingerprint density at radius 2 is 1.76 bits per heavy atom. The molecule has 6 nitrogen and oxygen atoms in total. The van der Waals surface area contributed by atoms with Crippen LogP contribution in [0.1, 0.15) is 11.1 Å². The summed E-state index contributed by atoms with van der Waals surface area (Å²) in [4.78, 5) is 39.3. The third kappa shape index (κ3) is 3.38. The van der Waals surface area contributed by atoms with E-state index < -0.39 is 11.9 Å². The predicted molar refractivity (Wildman–Crippen MR) is 95.4 cm³/mol. The van der Waals surface area contributed by atoms with Gasteiger partial charge < -0.3 is 5.32 Å². The van der Waals surface area contributed by atoms with E-state index in [4.69, 9.17) is 0 Å². The molecule has 0 saturated carbocycles. The van der Waals surface area contributed by atoms with Gasteiger partial charge in [0, 0.05) is 11.4 Å². The zero-order valence-electron chi connectivity index (χ0n) is 14.2. The molecule has 6 heteroatoms. The Kier molecular flexibility index (Phi) is 4.52. The van der Waals surface area contributed by atoms with Crippen molar-refractivity contribution >= 4 is 29.2 Å². The number of benzene rings is 2. The Morgan fingerprint density at radius 3 is 2.48 bits per heavy atom. The van der Waals surface area contributed by atoms with Crippen LogP contribution in [0.3, 0.4) is 0 Å². The molecule has 1 saturated heterocycles. The van der Waals surface area contributed by atoms with E-state index in [1.807, 2.05) is 32.0 Å². The minimum Gasteiger partial charge on any atom is -0.324 e. The van der Waals surface area contributed by atoms with E-state index in [0.717, 1.165) is 16.0 Å². The monoisotopic (exact) mass is 337 g/mol. The number of urea groups is 1. The van der Waals surface area contributed by atoms with Crippen molar-refractivity contribution in [3.05, 3.63) is 59.7 Å². The Balaban J connectivity index is 1.70. The molecule has 128 valence electrons. The average molecular weight is 337 g/mol. The van der Waals surface area contributed by atoms with Gasteiger partial charge >= 0.3 is 6.03 Å². The third-order valence-electron chi connectivity index (χ3n) is 4.30. The molecule has 0 aromatic heterocycles. The van der Waals surface area contributed by atoms with Gasteiger partial charge in [0.05, 0.1) is 0 Å². The van der Waals surface area contributed by atoms with Crippen LogP contribution in [-0.4, -0.2) is 35.8 Å². The van der Waals surface area contributed by atoms with Gasteiger partial charge in [0.2, 0.25) is 5.91 Å². The molecular weight excluding hydrogens is 318 g/mol. The number of carbonyl (C=O) groups excluding carboxylic acids is 3. The number of imide groups is 1. The fourth-order valence-corrected chi connectivity index (χ4v) is 2.73. The molecule has 1 fully saturated rings. The number of hydrogen-bond donors (Lipinski definition) is 1. The molecular formula is C19H19N3O3. The van der Waals surface area contributed by atoms with Crippen molar-refractivity contribution in [3.8, 4) is 0 Å². The van der Waals surface area contributed by atoms with E-state index in [-0.39, 0.29) is 19.0 Å². The number of rotatable bonds is 4. The van der Waals surface area contributed by atoms with Crippen LogP contribution in [0, 0.1) is 13.8 Å². The molecule has 0 bridgehead atoms. The first-order valence-corrected chi connectivity index (χ1v) is 8.00. The highest BCUT2D eigenvalue weighted by atomic mass is 16.2. The van der Waals surface area contributed by atoms with Crippen LogP contribution in [0.15, 0.2) is 48.5 Å². The van der Waals surface area contributed by atoms with Gasteiger partial charge in [0.15, 0.2) is 0 Å². The van der Waals surface area contributed by atoms with Gasteiger partial charge in [0.1, 0.15) is 13.1 Å². The second kappa shape index (κ2) is 6.76. The van der Waals surface area contributed by atoms with Crippen molar-refractivity contribution in [3.63, 3.8) is 0 Å². The van der Waals surface area contributed by atoms with Crippen LogP contribution in [0.4, 0.5) is 16.2 Å². The zero-order chi connectivity index (χ0) is 18.0. The number of nitrogens with one attached hydrogen (secondary N) is 1. The fraction of sp³-hybridized carbons (Fsp3) is 0.211. The first kappa shape index (κ1) is 16.7. The van der Waals surface area contributed by atoms with E-state index in [2.05, 4.69) is 5.32 Å². The molecule has 4 amide bonds. The lowest BCUT2D eigenvalue weighted by molar-refractivity contribution is -0.128. The first-order chi connectivity index (χ1) is 12.0. The number of amides is 4. The summed E-state index contributed by atoms with van der Waals surface area (Å²) in [6.07, 6.45) is 0. The molecule has 2 aromatic carbocycles. The van der Waals surface area contributed by atoms with Crippen molar-refractivity contribution in [2.75, 3.05) is 23.3 Å². The lowest BCUT2D eigenvalue weighted by atomic mass is 10.1. The van der Waals surface area contributed by atoms with Crippen molar-refractivity contribution in [1.82, 2.24) is 4.90 Å². The Morgan fingerprint density at radius 1 is 1.04 bits per heavy atom. The van der Waals surface area contributed by atoms with Crippen molar-refractivity contribution in [1.29, 1.82) is 0 Å². The van der Waals surface area contributed by atoms with Gasteiger partial charge in [-0.3, -0.25) is 19.4 Å². The minimum absolute atomic E-state index is 0.0560. The number of nitrogens with zero attached hydrogens (tertiary/aromatic N) is 2. The summed E-state index contributed by atoms with van der Waals surface area (Å²) < 4.78 is 0. The van der Waals surface area contributed by atoms with Crippen LogP contribution in [0.2, 0.25) is 0 Å². The molecule has 0 unspecified atom stereocenters. The van der Waals surface area contributed by atoms with Gasteiger partial charge in [0.25, 0.3) is 5.91 Å². The van der Waals surface area contributed by atoms with E-state index in [0.29, 0.717) is 11.4 Å². The van der Waals surface area contributed by atoms with E-state index in [9.17, 15) is 14.4 Å². The summed E-state index contributed by atoms with van der Waals surface area (Å²) >= 11 is 0. The van der Waals surface area contributed by atoms with Crippen LogP contribution in [0.5, 0.6) is 0 Å². The first-order valence-electron chi connectivity index (χ1n) is 8.00. The van der Waals surface area contributed by atoms with Crippen molar-refractivity contribution in [2.24, 2.45) is 0 Å². The topological polar surface area (TPSA) is 69.7 Å². The van der Waals surface area contributed by atoms with Gasteiger partial charge in [-0.15, -0.1) is 0 Å². The highest BCUT2D eigenvalue weighted by Gasteiger charge is 2.37. The van der Waals surface area contributed by atoms with E-state index in [1.54, 1.807) is 30.3 Å². The molecule has 1 aliphatic heterocycles. The summed E-state index contributed by atoms with van der Waals surface area (Å²) in [6, 6.07) is 14.1. The molecule has 1 aliphatic rings. The molecule has 0 atom stereocenters. The number of para-hydroxylation sites is 1. The highest BCUT2D eigenvalue weighted by Crippen LogP contribution is 2.21. The maximum absolute atomic E-state index is 12.5. The average Bonchev–Trinajstić information content (AvgIpc) is 2.88. The molecule has 1 N–H and O–H groups in total. The third-order valence-corrected chi connectivity index (χ3v) is 4.30. The smallest absolute Gasteiger partial charge is 0.324 e. The predicted octanol–water partition coefficient (Wildman–Crippen LogP) is 2.71. The van der Waals surface area contributed by atoms with Crippen molar-refractivity contribution in [2.45, 2.75) is 13.8 Å². The van der Waals surface area contributed by atoms with Crippen LogP contribution in [0.25, 0.3) is 0 Å². The van der Waals surface area contributed by atoms with E-state index >= 15 is 0 Å². The highest BCUT2D eigenvalue weighted by molar-refractivity contribution is 6.14. The van der Waals surface area contributed by atoms with Gasteiger partial charge in [-0.25, -0.2) is 4.79 Å². The Labute approximate surface area is 146 Å². The number of aryl methyl sites for hydroxylation is 1. The number of hydrogen-bond acceptors (Lipinski definition) is 3. The number of anilines is 2. The van der Waals surface area contributed by atoms with Crippen molar-refractivity contribution < 1.29 is 14.4 Å². The minimum atomic E-state index is -0.479. The molecule has 0 radical (unpaired) electrons. The number of carbonyl (C=O) groups is 3. The van der Waals surface area contributed by atoms with Gasteiger partial charge in [-0.1, -0.05) is 30.3 Å². The molecule has 25 heavy (non-hydrogen) atoms. The van der Waals surface area contributed by atoms with Crippen LogP contribution < -0.4 is 10.2 Å². The summed E-state index contributed by atoms with van der Waals surface area (Å²) in [6.45, 7) is 3.51. The summed E-state index contributed by atoms with van der Waals surface area (Å²) in [7, 11) is 0. The van der Waals surface area contributed by atoms with E-state index in [1.165, 1.54) is 4.90 Å². The quantitative estimate of drug-likeness (QED) is 0.872. The molecule has 2 aromatic rings. The molecule has 3 rings (SSSR count). The SMILES string of the molecule is Cc1cccc(NC(=O)CN2C(=O)CN(c3ccccc3)C2=O)c1C. The Hall–Kier alpha value is -3.15. The summed E-state index contributed by atoms with van der Waals surface area (Å²) in [5.74, 6) is -0.782. The van der Waals surface area contributed by atoms with Gasteiger partial charge in [-0.2, -0.15) is 0 Å². The standard InChI is InChI=1S/C19H19N3O3/c1-13-7-6-10-16(14(13)2)20-17(23)11-22-18(24)12-21(19(22)25)15-8-4-3-5-9-15/h3-10H,11-12H2,1-2H3,(H,20,23). The maximum atomic E-state index is 12.5. The summed E-state index contributed by atoms with van der Waals surface area (Å²) in [5, 5.41) is 2.77. The molecule has 1 heterocycles. The Bertz CT molecular complexity index is 833. The molecule has 0 aliphatic carbocycles. The molecule has 0 spiro atoms. The normalized spacial score (nSPS) is 14.2. The summed E-state index contributed by atoms with van der Waals surface area (Å²) in [5.41, 5.74) is 3.34. The maximum Gasteiger partial charge on any atom is 0.332 e. The zero-order valence-corrected chi connectivity index (χ0v) is 14.2. The largest absolute Gasteiger partial charge is 0.332 e. The second-order valence-corrected chi connectivity index (χ2v) is 5.98.